The molecule has 0 aromatic carbocycles. The van der Waals surface area contributed by atoms with Gasteiger partial charge in [-0.05, 0) is 25.6 Å². The molecule has 116 valence electrons. The SMILES string of the molecule is CC(=O)C[C@@H](CSC(=O)OCc1oc(=O)oc1C)C(=O)O. The van der Waals surface area contributed by atoms with Crippen LogP contribution < -0.4 is 5.82 Å². The average Bonchev–Trinajstić information content (AvgIpc) is 2.69. The normalized spacial score (nSPS) is 11.9. The lowest BCUT2D eigenvalue weighted by Crippen LogP contribution is -2.20. The minimum absolute atomic E-state index is 0.0813. The lowest BCUT2D eigenvalue weighted by atomic mass is 10.1. The Balaban J connectivity index is 2.42. The van der Waals surface area contributed by atoms with Gasteiger partial charge in [0.1, 0.15) is 5.78 Å². The third kappa shape index (κ3) is 5.86. The highest BCUT2D eigenvalue weighted by Gasteiger charge is 2.22. The number of aliphatic carboxylic acids is 1. The maximum atomic E-state index is 11.5. The fraction of sp³-hybridized carbons (Fsp3) is 0.500. The number of carbonyl (C=O) groups excluding carboxylic acids is 2. The zero-order chi connectivity index (χ0) is 16.0. The number of aryl methyl sites for hydroxylation is 1. The van der Waals surface area contributed by atoms with E-state index in [0.29, 0.717) is 11.8 Å². The van der Waals surface area contributed by atoms with Crippen molar-refractivity contribution in [1.29, 1.82) is 0 Å². The number of ketones is 1. The van der Waals surface area contributed by atoms with Crippen LogP contribution in [-0.2, 0) is 20.9 Å². The first kappa shape index (κ1) is 17.0. The van der Waals surface area contributed by atoms with Crippen LogP contribution in [0, 0.1) is 12.8 Å². The van der Waals surface area contributed by atoms with E-state index in [-0.39, 0.29) is 36.1 Å². The van der Waals surface area contributed by atoms with Crippen molar-refractivity contribution in [2.24, 2.45) is 5.92 Å². The van der Waals surface area contributed by atoms with Crippen molar-refractivity contribution in [2.45, 2.75) is 26.9 Å². The highest BCUT2D eigenvalue weighted by Crippen LogP contribution is 2.17. The van der Waals surface area contributed by atoms with Crippen LogP contribution in [0.25, 0.3) is 0 Å². The first-order valence-corrected chi connectivity index (χ1v) is 6.89. The number of carbonyl (C=O) groups is 3. The summed E-state index contributed by atoms with van der Waals surface area (Å²) < 4.78 is 14.0. The highest BCUT2D eigenvalue weighted by molar-refractivity contribution is 8.13. The molecule has 0 spiro atoms. The molecule has 0 aliphatic rings. The molecule has 1 aromatic heterocycles. The van der Waals surface area contributed by atoms with Gasteiger partial charge in [-0.3, -0.25) is 4.79 Å². The molecular formula is C12H14O8S. The summed E-state index contributed by atoms with van der Waals surface area (Å²) in [4.78, 5) is 44.0. The Bertz CT molecular complexity index is 584. The molecule has 0 aliphatic carbocycles. The standard InChI is InChI=1S/C12H14O8S/c1-6(13)3-8(10(14)15)5-21-12(17)18-4-9-7(2)19-11(16)20-9/h8H,3-5H2,1-2H3,(H,14,15)/t8-/m0/s1. The van der Waals surface area contributed by atoms with Crippen molar-refractivity contribution in [3.8, 4) is 0 Å². The second kappa shape index (κ2) is 7.67. The minimum Gasteiger partial charge on any atom is -0.481 e. The number of hydrogen-bond donors (Lipinski definition) is 1. The van der Waals surface area contributed by atoms with Gasteiger partial charge in [-0.15, -0.1) is 0 Å². The second-order valence-electron chi connectivity index (χ2n) is 4.22. The Morgan fingerprint density at radius 1 is 1.33 bits per heavy atom. The van der Waals surface area contributed by atoms with Crippen LogP contribution in [0.15, 0.2) is 13.6 Å². The fourth-order valence-electron chi connectivity index (χ4n) is 1.41. The van der Waals surface area contributed by atoms with Gasteiger partial charge < -0.3 is 23.5 Å². The Kier molecular flexibility index (Phi) is 6.22. The molecule has 1 rings (SSSR count). The van der Waals surface area contributed by atoms with Crippen molar-refractivity contribution < 1.29 is 33.1 Å². The monoisotopic (exact) mass is 318 g/mol. The number of rotatable bonds is 7. The lowest BCUT2D eigenvalue weighted by molar-refractivity contribution is -0.142. The number of carboxylic acids is 1. The number of hydrogen-bond acceptors (Lipinski definition) is 8. The summed E-state index contributed by atoms with van der Waals surface area (Å²) in [5, 5.41) is 8.17. The van der Waals surface area contributed by atoms with Crippen LogP contribution in [0.5, 0.6) is 0 Å². The minimum atomic E-state index is -1.15. The topological polar surface area (TPSA) is 124 Å². The van der Waals surface area contributed by atoms with Crippen LogP contribution in [0.2, 0.25) is 0 Å². The van der Waals surface area contributed by atoms with Gasteiger partial charge in [0.25, 0.3) is 0 Å². The summed E-state index contributed by atoms with van der Waals surface area (Å²) in [5.74, 6) is -3.05. The van der Waals surface area contributed by atoms with Gasteiger partial charge in [0.05, 0.1) is 5.92 Å². The van der Waals surface area contributed by atoms with Crippen LogP contribution >= 0.6 is 11.8 Å². The van der Waals surface area contributed by atoms with E-state index in [4.69, 9.17) is 9.84 Å². The molecule has 1 heterocycles. The summed E-state index contributed by atoms with van der Waals surface area (Å²) in [6, 6.07) is 0. The van der Waals surface area contributed by atoms with E-state index < -0.39 is 23.0 Å². The van der Waals surface area contributed by atoms with Gasteiger partial charge in [-0.2, -0.15) is 0 Å². The number of carboxylic acid groups (broad SMARTS) is 1. The quantitative estimate of drug-likeness (QED) is 0.746. The predicted molar refractivity (Wildman–Crippen MR) is 71.0 cm³/mol. The molecule has 1 N–H and O–H groups in total. The molecule has 0 radical (unpaired) electrons. The lowest BCUT2D eigenvalue weighted by Gasteiger charge is -2.09. The van der Waals surface area contributed by atoms with E-state index >= 15 is 0 Å². The molecular weight excluding hydrogens is 304 g/mol. The summed E-state index contributed by atoms with van der Waals surface area (Å²) in [7, 11) is 0. The van der Waals surface area contributed by atoms with Crippen LogP contribution in [0.3, 0.4) is 0 Å². The maximum absolute atomic E-state index is 11.5. The molecule has 0 saturated carbocycles. The second-order valence-corrected chi connectivity index (χ2v) is 5.18. The van der Waals surface area contributed by atoms with E-state index in [1.54, 1.807) is 0 Å². The molecule has 9 heteroatoms. The molecule has 8 nitrogen and oxygen atoms in total. The summed E-state index contributed by atoms with van der Waals surface area (Å²) in [6.45, 7) is 2.48. The summed E-state index contributed by atoms with van der Waals surface area (Å²) >= 11 is 0.642. The van der Waals surface area contributed by atoms with Crippen molar-refractivity contribution >= 4 is 28.8 Å². The van der Waals surface area contributed by atoms with Gasteiger partial charge in [0.15, 0.2) is 18.1 Å². The van der Waals surface area contributed by atoms with Gasteiger partial charge in [-0.1, -0.05) is 0 Å². The first-order valence-electron chi connectivity index (χ1n) is 5.90. The van der Waals surface area contributed by atoms with Gasteiger partial charge in [0, 0.05) is 12.2 Å². The first-order chi connectivity index (χ1) is 9.79. The van der Waals surface area contributed by atoms with Crippen molar-refractivity contribution in [1.82, 2.24) is 0 Å². The van der Waals surface area contributed by atoms with Gasteiger partial charge >= 0.3 is 17.1 Å². The Morgan fingerprint density at radius 3 is 2.48 bits per heavy atom. The Labute approximate surface area is 123 Å². The van der Waals surface area contributed by atoms with E-state index in [1.165, 1.54) is 13.8 Å². The summed E-state index contributed by atoms with van der Waals surface area (Å²) in [5.41, 5.74) is 0. The van der Waals surface area contributed by atoms with E-state index in [2.05, 4.69) is 8.83 Å². The average molecular weight is 318 g/mol. The molecule has 1 atom stereocenters. The van der Waals surface area contributed by atoms with Crippen molar-refractivity contribution in [3.05, 3.63) is 22.1 Å². The largest absolute Gasteiger partial charge is 0.519 e. The summed E-state index contributed by atoms with van der Waals surface area (Å²) in [6.07, 6.45) is -0.147. The van der Waals surface area contributed by atoms with Crippen LogP contribution in [0.1, 0.15) is 24.9 Å². The third-order valence-electron chi connectivity index (χ3n) is 2.44. The molecule has 0 amide bonds. The van der Waals surface area contributed by atoms with E-state index in [0.717, 1.165) is 0 Å². The van der Waals surface area contributed by atoms with Crippen LogP contribution in [-0.4, -0.2) is 27.9 Å². The maximum Gasteiger partial charge on any atom is 0.519 e. The molecule has 0 bridgehead atoms. The third-order valence-corrected chi connectivity index (χ3v) is 3.36. The molecule has 0 saturated heterocycles. The Hall–Kier alpha value is -2.03. The van der Waals surface area contributed by atoms with Crippen molar-refractivity contribution in [3.63, 3.8) is 0 Å². The number of thioether (sulfide) groups is 1. The number of Topliss-reactive ketones (excluding diaryl/α,β-unsaturated/α-hetero) is 1. The molecule has 1 aromatic rings. The smallest absolute Gasteiger partial charge is 0.481 e. The predicted octanol–water partition coefficient (Wildman–Crippen LogP) is 1.59. The van der Waals surface area contributed by atoms with Gasteiger partial charge in [-0.25, -0.2) is 9.59 Å². The molecule has 0 aliphatic heterocycles. The van der Waals surface area contributed by atoms with Crippen LogP contribution in [0.4, 0.5) is 4.79 Å². The fourth-order valence-corrected chi connectivity index (χ4v) is 2.15. The van der Waals surface area contributed by atoms with E-state index in [1.807, 2.05) is 0 Å². The zero-order valence-electron chi connectivity index (χ0n) is 11.4. The molecule has 21 heavy (non-hydrogen) atoms. The van der Waals surface area contributed by atoms with Gasteiger partial charge in [0.2, 0.25) is 0 Å². The number of ether oxygens (including phenoxy) is 1. The van der Waals surface area contributed by atoms with E-state index in [9.17, 15) is 19.2 Å². The molecule has 0 fully saturated rings. The highest BCUT2D eigenvalue weighted by atomic mass is 32.2. The Morgan fingerprint density at radius 2 is 2.00 bits per heavy atom. The molecule has 0 unspecified atom stereocenters. The van der Waals surface area contributed by atoms with Crippen molar-refractivity contribution in [2.75, 3.05) is 5.75 Å². The zero-order valence-corrected chi connectivity index (χ0v) is 12.2.